The van der Waals surface area contributed by atoms with Crippen LogP contribution in [0.1, 0.15) is 30.4 Å². The molecule has 0 fully saturated rings. The fourth-order valence-corrected chi connectivity index (χ4v) is 3.76. The number of aromatic nitrogens is 2. The quantitative estimate of drug-likeness (QED) is 0.454. The third-order valence-corrected chi connectivity index (χ3v) is 5.39. The smallest absolute Gasteiger partial charge is 0.287 e. The van der Waals surface area contributed by atoms with Crippen molar-refractivity contribution in [2.45, 2.75) is 26.2 Å². The summed E-state index contributed by atoms with van der Waals surface area (Å²) in [6.07, 6.45) is 2.70. The number of aryl methyl sites for hydroxylation is 1. The van der Waals surface area contributed by atoms with Crippen molar-refractivity contribution in [2.24, 2.45) is 0 Å². The monoisotopic (exact) mass is 400 g/mol. The van der Waals surface area contributed by atoms with Crippen molar-refractivity contribution >= 4 is 17.4 Å². The van der Waals surface area contributed by atoms with E-state index in [9.17, 15) is 4.79 Å². The fraction of sp³-hybridized carbons (Fsp3) is 0.200. The second-order valence-corrected chi connectivity index (χ2v) is 7.40. The van der Waals surface area contributed by atoms with Crippen LogP contribution in [0.15, 0.2) is 72.9 Å². The lowest BCUT2D eigenvalue weighted by Gasteiger charge is -2.12. The summed E-state index contributed by atoms with van der Waals surface area (Å²) in [5.74, 6) is 1.28. The fourth-order valence-electron chi connectivity index (χ4n) is 3.76. The molecule has 1 atom stereocenters. The Morgan fingerprint density at radius 2 is 1.83 bits per heavy atom. The molecule has 0 aliphatic heterocycles. The molecular formula is C25H26N3O2+. The maximum atomic E-state index is 13.3. The molecule has 5 heteroatoms. The van der Waals surface area contributed by atoms with Crippen molar-refractivity contribution < 1.29 is 13.9 Å². The van der Waals surface area contributed by atoms with Crippen LogP contribution in [0.25, 0.3) is 16.9 Å². The second kappa shape index (κ2) is 8.41. The van der Waals surface area contributed by atoms with Gasteiger partial charge in [-0.2, -0.15) is 0 Å². The highest BCUT2D eigenvalue weighted by Gasteiger charge is 2.27. The molecule has 2 N–H and O–H groups in total. The van der Waals surface area contributed by atoms with Crippen molar-refractivity contribution in [2.75, 3.05) is 12.4 Å². The molecule has 0 radical (unpaired) electrons. The van der Waals surface area contributed by atoms with Crippen LogP contribution in [0.5, 0.6) is 5.75 Å². The first-order valence-electron chi connectivity index (χ1n) is 10.1. The lowest BCUT2D eigenvalue weighted by atomic mass is 9.95. The van der Waals surface area contributed by atoms with Gasteiger partial charge in [0.05, 0.1) is 19.2 Å². The summed E-state index contributed by atoms with van der Waals surface area (Å²) < 4.78 is 7.27. The summed E-state index contributed by atoms with van der Waals surface area (Å²) in [6, 6.07) is 21.8. The van der Waals surface area contributed by atoms with Crippen LogP contribution in [0, 0.1) is 6.92 Å². The lowest BCUT2D eigenvalue weighted by Crippen LogP contribution is -2.29. The molecule has 4 rings (SSSR count). The number of imidazole rings is 1. The Kier molecular flexibility index (Phi) is 5.53. The first-order valence-corrected chi connectivity index (χ1v) is 10.1. The Balaban J connectivity index is 1.77. The van der Waals surface area contributed by atoms with E-state index < -0.39 is 0 Å². The van der Waals surface area contributed by atoms with Crippen LogP contribution in [0.4, 0.5) is 5.82 Å². The lowest BCUT2D eigenvalue weighted by molar-refractivity contribution is -0.494. The van der Waals surface area contributed by atoms with E-state index in [-0.39, 0.29) is 11.8 Å². The van der Waals surface area contributed by atoms with Gasteiger partial charge in [-0.15, -0.1) is 0 Å². The largest absolute Gasteiger partial charge is 0.497 e. The minimum atomic E-state index is -0.217. The number of H-pyrrole nitrogens is 1. The predicted octanol–water partition coefficient (Wildman–Crippen LogP) is 4.87. The van der Waals surface area contributed by atoms with Gasteiger partial charge in [-0.05, 0) is 54.8 Å². The Hall–Kier alpha value is -3.60. The number of hydrogen-bond acceptors (Lipinski definition) is 2. The maximum Gasteiger partial charge on any atom is 0.287 e. The van der Waals surface area contributed by atoms with E-state index in [4.69, 9.17) is 4.74 Å². The van der Waals surface area contributed by atoms with Gasteiger partial charge in [-0.25, -0.2) is 9.72 Å². The van der Waals surface area contributed by atoms with E-state index in [0.29, 0.717) is 0 Å². The van der Waals surface area contributed by atoms with Crippen molar-refractivity contribution in [3.05, 3.63) is 84.1 Å². The van der Waals surface area contributed by atoms with Gasteiger partial charge in [-0.1, -0.05) is 37.3 Å². The van der Waals surface area contributed by atoms with Crippen molar-refractivity contribution in [1.82, 2.24) is 4.98 Å². The zero-order valence-electron chi connectivity index (χ0n) is 17.5. The summed E-state index contributed by atoms with van der Waals surface area (Å²) in [4.78, 5) is 16.7. The molecule has 0 aliphatic carbocycles. The summed E-state index contributed by atoms with van der Waals surface area (Å²) >= 11 is 0. The highest BCUT2D eigenvalue weighted by molar-refractivity contribution is 5.97. The molecule has 2 heterocycles. The highest BCUT2D eigenvalue weighted by Crippen LogP contribution is 2.29. The number of aromatic amines is 1. The molecule has 0 saturated carbocycles. The topological polar surface area (TPSA) is 58.2 Å². The molecule has 0 aliphatic rings. The number of anilines is 1. The number of fused-ring (bicyclic) bond motifs is 1. The van der Waals surface area contributed by atoms with Gasteiger partial charge in [0.15, 0.2) is 5.69 Å². The first kappa shape index (κ1) is 19.7. The van der Waals surface area contributed by atoms with Crippen LogP contribution >= 0.6 is 0 Å². The zero-order valence-corrected chi connectivity index (χ0v) is 17.5. The van der Waals surface area contributed by atoms with Crippen LogP contribution in [0.3, 0.4) is 0 Å². The number of amides is 1. The number of methoxy groups -OCH3 is 1. The average Bonchev–Trinajstić information content (AvgIpc) is 3.12. The molecule has 4 aromatic rings. The number of carbonyl (C=O) groups excluding carboxylic acids is 1. The van der Waals surface area contributed by atoms with E-state index in [1.165, 1.54) is 0 Å². The van der Waals surface area contributed by atoms with Crippen LogP contribution in [-0.4, -0.2) is 18.0 Å². The van der Waals surface area contributed by atoms with Crippen molar-refractivity contribution in [3.8, 4) is 17.0 Å². The minimum Gasteiger partial charge on any atom is -0.497 e. The molecule has 2 aromatic carbocycles. The van der Waals surface area contributed by atoms with Crippen LogP contribution < -0.4 is 14.5 Å². The Morgan fingerprint density at radius 1 is 1.10 bits per heavy atom. The molecule has 5 nitrogen and oxygen atoms in total. The molecule has 1 amide bonds. The number of carbonyl (C=O) groups is 1. The third kappa shape index (κ3) is 3.79. The van der Waals surface area contributed by atoms with E-state index in [1.54, 1.807) is 7.11 Å². The van der Waals surface area contributed by atoms with Gasteiger partial charge in [0.1, 0.15) is 5.75 Å². The van der Waals surface area contributed by atoms with E-state index >= 15 is 0 Å². The Labute approximate surface area is 176 Å². The third-order valence-electron chi connectivity index (χ3n) is 5.39. The van der Waals surface area contributed by atoms with Crippen molar-refractivity contribution in [1.29, 1.82) is 0 Å². The van der Waals surface area contributed by atoms with Gasteiger partial charge in [0, 0.05) is 11.6 Å². The summed E-state index contributed by atoms with van der Waals surface area (Å²) in [5.41, 5.74) is 4.92. The molecular weight excluding hydrogens is 374 g/mol. The number of nitrogens with zero attached hydrogens (tertiary/aromatic N) is 1. The zero-order chi connectivity index (χ0) is 21.1. The molecule has 0 bridgehead atoms. The van der Waals surface area contributed by atoms with Crippen LogP contribution in [0.2, 0.25) is 0 Å². The standard InChI is InChI=1S/C25H25N3O2/c1-4-21(18-8-6-5-7-9-18)25(29)27-24-23(19-10-12-20(30-3)13-11-19)26-22-16-17(2)14-15-28(22)24/h5-16,21H,4H2,1-3H3,(H,27,29)/p+1/t21-/m0/s1. The van der Waals surface area contributed by atoms with Gasteiger partial charge >= 0.3 is 0 Å². The van der Waals surface area contributed by atoms with E-state index in [1.807, 2.05) is 78.2 Å². The minimum absolute atomic E-state index is 0.0209. The van der Waals surface area contributed by atoms with E-state index in [2.05, 4.69) is 23.3 Å². The molecule has 2 aromatic heterocycles. The Morgan fingerprint density at radius 3 is 2.50 bits per heavy atom. The number of hydrogen-bond donors (Lipinski definition) is 2. The summed E-state index contributed by atoms with van der Waals surface area (Å²) in [5, 5.41) is 3.19. The first-order chi connectivity index (χ1) is 14.6. The SMILES string of the molecule is CC[C@H](C(=O)Nc1c(-c2ccc(OC)cc2)[nH]c2cc(C)cc[n+]12)c1ccccc1. The normalized spacial score (nSPS) is 12.0. The molecule has 0 unspecified atom stereocenters. The highest BCUT2D eigenvalue weighted by atomic mass is 16.5. The number of rotatable bonds is 6. The average molecular weight is 401 g/mol. The predicted molar refractivity (Wildman–Crippen MR) is 119 cm³/mol. The van der Waals surface area contributed by atoms with Gasteiger partial charge < -0.3 is 4.74 Å². The molecule has 0 spiro atoms. The number of ether oxygens (including phenoxy) is 1. The molecule has 0 saturated heterocycles. The van der Waals surface area contributed by atoms with Gasteiger partial charge in [0.2, 0.25) is 5.65 Å². The van der Waals surface area contributed by atoms with Gasteiger partial charge in [0.25, 0.3) is 11.7 Å². The number of pyridine rings is 1. The number of nitrogens with one attached hydrogen (secondary N) is 2. The maximum absolute atomic E-state index is 13.3. The summed E-state index contributed by atoms with van der Waals surface area (Å²) in [6.45, 7) is 4.09. The number of benzene rings is 2. The Bertz CT molecular complexity index is 1160. The second-order valence-electron chi connectivity index (χ2n) is 7.40. The van der Waals surface area contributed by atoms with Crippen molar-refractivity contribution in [3.63, 3.8) is 0 Å². The van der Waals surface area contributed by atoms with Crippen LogP contribution in [-0.2, 0) is 4.79 Å². The summed E-state index contributed by atoms with van der Waals surface area (Å²) in [7, 11) is 1.65. The molecule has 30 heavy (non-hydrogen) atoms. The van der Waals surface area contributed by atoms with E-state index in [0.717, 1.165) is 46.0 Å². The van der Waals surface area contributed by atoms with Gasteiger partial charge in [-0.3, -0.25) is 9.78 Å². The molecule has 152 valence electrons.